The number of nitrogens with two attached hydrogens (primary N) is 1. The second-order valence-corrected chi connectivity index (χ2v) is 10.7. The largest absolute Gasteiger partial charge is 0.489 e. The number of nitrogen functional groups attached to an aromatic ring is 1. The normalized spacial score (nSPS) is 17.7. The predicted octanol–water partition coefficient (Wildman–Crippen LogP) is 3.28. The van der Waals surface area contributed by atoms with Crippen LogP contribution in [0.4, 0.5) is 11.6 Å². The van der Waals surface area contributed by atoms with E-state index in [4.69, 9.17) is 15.2 Å². The number of amides is 1. The number of ether oxygens (including phenoxy) is 2. The zero-order valence-corrected chi connectivity index (χ0v) is 23.6. The van der Waals surface area contributed by atoms with Gasteiger partial charge in [0.25, 0.3) is 0 Å². The monoisotopic (exact) mass is 568 g/mol. The van der Waals surface area contributed by atoms with Gasteiger partial charge in [0.2, 0.25) is 5.91 Å². The maximum atomic E-state index is 11.7. The number of rotatable bonds is 9. The van der Waals surface area contributed by atoms with Crippen molar-refractivity contribution in [3.05, 3.63) is 72.7 Å². The number of carbonyl (C=O) groups excluding carboxylic acids is 1. The van der Waals surface area contributed by atoms with E-state index >= 15 is 0 Å². The van der Waals surface area contributed by atoms with E-state index in [9.17, 15) is 4.79 Å². The molecule has 1 atom stereocenters. The van der Waals surface area contributed by atoms with Crippen LogP contribution in [0.25, 0.3) is 22.3 Å². The molecule has 0 aliphatic carbocycles. The highest BCUT2D eigenvalue weighted by Gasteiger charge is 2.21. The van der Waals surface area contributed by atoms with Gasteiger partial charge in [0.15, 0.2) is 0 Å². The van der Waals surface area contributed by atoms with Crippen molar-refractivity contribution < 1.29 is 14.3 Å². The lowest BCUT2D eigenvalue weighted by atomic mass is 10.0. The number of piperidine rings is 1. The quantitative estimate of drug-likeness (QED) is 0.260. The molecule has 0 saturated carbocycles. The highest BCUT2D eigenvalue weighted by Crippen LogP contribution is 2.30. The summed E-state index contributed by atoms with van der Waals surface area (Å²) in [7, 11) is 0. The minimum absolute atomic E-state index is 0.126. The van der Waals surface area contributed by atoms with Crippen LogP contribution in [0.5, 0.6) is 5.75 Å². The van der Waals surface area contributed by atoms with Crippen LogP contribution in [0.2, 0.25) is 0 Å². The lowest BCUT2D eigenvalue weighted by molar-refractivity contribution is -0.117. The van der Waals surface area contributed by atoms with Gasteiger partial charge >= 0.3 is 0 Å². The standard InChI is InChI=1S/C31H36N8O3/c1-2-28(40)36-24-4-3-9-38(18-24)17-21-14-23(29(32)33-16-21)19-42-25-7-5-22(6-8-25)27-15-26-30(37-27)34-20-35-31(26)39-10-12-41-13-11-39/h2,5-8,14-16,20,24H,1,3-4,9-13,17-19H2,(H2,32,33)(H,36,40)(H,34,35,37)/t24-/m1/s1. The number of hydrogen-bond donors (Lipinski definition) is 3. The number of aromatic nitrogens is 4. The molecule has 2 aliphatic rings. The Kier molecular flexibility index (Phi) is 8.29. The lowest BCUT2D eigenvalue weighted by Gasteiger charge is -2.33. The topological polar surface area (TPSA) is 135 Å². The molecule has 6 rings (SSSR count). The van der Waals surface area contributed by atoms with Gasteiger partial charge in [-0.2, -0.15) is 0 Å². The number of H-pyrrole nitrogens is 1. The number of nitrogens with one attached hydrogen (secondary N) is 2. The van der Waals surface area contributed by atoms with Gasteiger partial charge in [0.05, 0.1) is 18.6 Å². The molecular formula is C31H36N8O3. The summed E-state index contributed by atoms with van der Waals surface area (Å²) in [5, 5.41) is 4.01. The van der Waals surface area contributed by atoms with Crippen molar-refractivity contribution in [2.24, 2.45) is 0 Å². The van der Waals surface area contributed by atoms with E-state index in [2.05, 4.69) is 53.8 Å². The first-order valence-electron chi connectivity index (χ1n) is 14.3. The van der Waals surface area contributed by atoms with Crippen LogP contribution < -0.4 is 20.7 Å². The molecule has 2 aliphatic heterocycles. The molecular weight excluding hydrogens is 532 g/mol. The number of likely N-dealkylation sites (tertiary alicyclic amines) is 1. The van der Waals surface area contributed by atoms with Crippen LogP contribution in [-0.4, -0.2) is 76.2 Å². The van der Waals surface area contributed by atoms with Gasteiger partial charge in [-0.05, 0) is 73.0 Å². The molecule has 218 valence electrons. The van der Waals surface area contributed by atoms with Crippen molar-refractivity contribution in [3.8, 4) is 17.0 Å². The third-order valence-electron chi connectivity index (χ3n) is 7.78. The molecule has 0 radical (unpaired) electrons. The van der Waals surface area contributed by atoms with Gasteiger partial charge in [-0.25, -0.2) is 15.0 Å². The number of fused-ring (bicyclic) bond motifs is 1. The Morgan fingerprint density at radius 1 is 1.17 bits per heavy atom. The Morgan fingerprint density at radius 2 is 2.00 bits per heavy atom. The van der Waals surface area contributed by atoms with Crippen LogP contribution in [-0.2, 0) is 22.7 Å². The minimum atomic E-state index is -0.128. The third-order valence-corrected chi connectivity index (χ3v) is 7.78. The van der Waals surface area contributed by atoms with Crippen molar-refractivity contribution in [2.75, 3.05) is 50.0 Å². The second-order valence-electron chi connectivity index (χ2n) is 10.7. The van der Waals surface area contributed by atoms with Crippen molar-refractivity contribution in [2.45, 2.75) is 32.0 Å². The van der Waals surface area contributed by atoms with Gasteiger partial charge in [0.1, 0.15) is 36.0 Å². The molecule has 11 nitrogen and oxygen atoms in total. The first-order chi connectivity index (χ1) is 20.6. The number of nitrogens with zero attached hydrogens (tertiary/aromatic N) is 5. The molecule has 4 aromatic rings. The molecule has 5 heterocycles. The van der Waals surface area contributed by atoms with E-state index in [-0.39, 0.29) is 11.9 Å². The molecule has 2 saturated heterocycles. The molecule has 42 heavy (non-hydrogen) atoms. The van der Waals surface area contributed by atoms with Crippen LogP contribution in [0.1, 0.15) is 24.0 Å². The number of carbonyl (C=O) groups is 1. The summed E-state index contributed by atoms with van der Waals surface area (Å²) in [6, 6.07) is 12.2. The van der Waals surface area contributed by atoms with Crippen molar-refractivity contribution in [1.29, 1.82) is 0 Å². The summed E-state index contributed by atoms with van der Waals surface area (Å²) in [6.07, 6.45) is 6.73. The Morgan fingerprint density at radius 3 is 2.81 bits per heavy atom. The minimum Gasteiger partial charge on any atom is -0.489 e. The van der Waals surface area contributed by atoms with E-state index in [1.807, 2.05) is 30.5 Å². The summed E-state index contributed by atoms with van der Waals surface area (Å²) >= 11 is 0. The van der Waals surface area contributed by atoms with E-state index in [1.165, 1.54) is 6.08 Å². The fourth-order valence-corrected chi connectivity index (χ4v) is 5.61. The number of anilines is 2. The van der Waals surface area contributed by atoms with E-state index < -0.39 is 0 Å². The number of morpholine rings is 1. The van der Waals surface area contributed by atoms with Crippen molar-refractivity contribution in [1.82, 2.24) is 30.2 Å². The number of aromatic amines is 1. The Balaban J connectivity index is 1.09. The first-order valence-corrected chi connectivity index (χ1v) is 14.3. The molecule has 4 N–H and O–H groups in total. The summed E-state index contributed by atoms with van der Waals surface area (Å²) in [5.74, 6) is 2.00. The molecule has 1 aromatic carbocycles. The first kappa shape index (κ1) is 27.7. The highest BCUT2D eigenvalue weighted by atomic mass is 16.5. The van der Waals surface area contributed by atoms with Crippen LogP contribution in [0, 0.1) is 0 Å². The average molecular weight is 569 g/mol. The van der Waals surface area contributed by atoms with Crippen molar-refractivity contribution in [3.63, 3.8) is 0 Å². The maximum absolute atomic E-state index is 11.7. The maximum Gasteiger partial charge on any atom is 0.243 e. The van der Waals surface area contributed by atoms with Crippen molar-refractivity contribution >= 4 is 28.6 Å². The lowest BCUT2D eigenvalue weighted by Crippen LogP contribution is -2.46. The van der Waals surface area contributed by atoms with Gasteiger partial charge in [0, 0.05) is 49.7 Å². The SMILES string of the molecule is C=CC(=O)N[C@@H]1CCCN(Cc2cnc(N)c(COc3ccc(-c4cc5c(N6CCOCC6)ncnc5[nH]4)cc3)c2)C1. The van der Waals surface area contributed by atoms with Crippen LogP contribution >= 0.6 is 0 Å². The summed E-state index contributed by atoms with van der Waals surface area (Å²) < 4.78 is 11.6. The molecule has 1 amide bonds. The summed E-state index contributed by atoms with van der Waals surface area (Å²) in [4.78, 5) is 33.1. The van der Waals surface area contributed by atoms with E-state index in [1.54, 1.807) is 6.33 Å². The van der Waals surface area contributed by atoms with E-state index in [0.717, 1.165) is 90.6 Å². The number of hydrogen-bond acceptors (Lipinski definition) is 9. The predicted molar refractivity (Wildman–Crippen MR) is 162 cm³/mol. The zero-order valence-electron chi connectivity index (χ0n) is 23.6. The summed E-state index contributed by atoms with van der Waals surface area (Å²) in [5.41, 5.74) is 10.9. The van der Waals surface area contributed by atoms with Crippen LogP contribution in [0.3, 0.4) is 0 Å². The highest BCUT2D eigenvalue weighted by molar-refractivity contribution is 5.92. The summed E-state index contributed by atoms with van der Waals surface area (Å²) in [6.45, 7) is 9.39. The molecule has 0 bridgehead atoms. The van der Waals surface area contributed by atoms with Crippen LogP contribution in [0.15, 0.2) is 61.6 Å². The van der Waals surface area contributed by atoms with Gasteiger partial charge in [-0.1, -0.05) is 6.58 Å². The van der Waals surface area contributed by atoms with Gasteiger partial charge < -0.3 is 30.4 Å². The molecule has 2 fully saturated rings. The zero-order chi connectivity index (χ0) is 28.9. The molecule has 3 aromatic heterocycles. The molecule has 0 spiro atoms. The Hall–Kier alpha value is -4.48. The average Bonchev–Trinajstić information content (AvgIpc) is 3.47. The second kappa shape index (κ2) is 12.6. The molecule has 11 heteroatoms. The van der Waals surface area contributed by atoms with Gasteiger partial charge in [-0.3, -0.25) is 9.69 Å². The smallest absolute Gasteiger partial charge is 0.243 e. The number of benzene rings is 1. The fraction of sp³-hybridized carbons (Fsp3) is 0.355. The molecule has 0 unspecified atom stereocenters. The Bertz CT molecular complexity index is 1550. The van der Waals surface area contributed by atoms with E-state index in [0.29, 0.717) is 25.6 Å². The Labute approximate surface area is 244 Å². The number of pyridine rings is 1. The third kappa shape index (κ3) is 6.37. The fourth-order valence-electron chi connectivity index (χ4n) is 5.61. The van der Waals surface area contributed by atoms with Gasteiger partial charge in [-0.15, -0.1) is 0 Å².